The van der Waals surface area contributed by atoms with Gasteiger partial charge in [-0.3, -0.25) is 19.7 Å². The summed E-state index contributed by atoms with van der Waals surface area (Å²) in [7, 11) is 1.16. The van der Waals surface area contributed by atoms with E-state index < -0.39 is 23.9 Å². The highest BCUT2D eigenvalue weighted by Crippen LogP contribution is 2.31. The maximum atomic E-state index is 13.7. The number of hydrogen-bond acceptors (Lipinski definition) is 8. The third-order valence-electron chi connectivity index (χ3n) is 7.13. The van der Waals surface area contributed by atoms with Crippen molar-refractivity contribution in [2.24, 2.45) is 0 Å². The number of rotatable bonds is 7. The van der Waals surface area contributed by atoms with E-state index in [1.807, 2.05) is 49.4 Å². The highest BCUT2D eigenvalue weighted by atomic mass is 16.5. The molecule has 1 aliphatic heterocycles. The lowest BCUT2D eigenvalue weighted by atomic mass is 9.91. The molecule has 4 aromatic rings. The molecule has 1 aliphatic rings. The van der Waals surface area contributed by atoms with Gasteiger partial charge in [0.05, 0.1) is 12.8 Å². The minimum Gasteiger partial charge on any atom is -0.453 e. The number of imide groups is 1. The van der Waals surface area contributed by atoms with Crippen LogP contribution in [0.2, 0.25) is 0 Å². The third-order valence-corrected chi connectivity index (χ3v) is 7.13. The normalized spacial score (nSPS) is 14.2. The zero-order valence-corrected chi connectivity index (χ0v) is 23.6. The van der Waals surface area contributed by atoms with Crippen LogP contribution in [0.4, 0.5) is 10.5 Å². The fourth-order valence-corrected chi connectivity index (χ4v) is 4.91. The van der Waals surface area contributed by atoms with Gasteiger partial charge in [0.15, 0.2) is 0 Å². The molecule has 43 heavy (non-hydrogen) atoms. The smallest absolute Gasteiger partial charge is 0.413 e. The summed E-state index contributed by atoms with van der Waals surface area (Å²) < 4.78 is 5.97. The molecular formula is C31H29N7O5. The van der Waals surface area contributed by atoms with Gasteiger partial charge in [0, 0.05) is 29.4 Å². The average molecular weight is 580 g/mol. The molecule has 1 atom stereocenters. The van der Waals surface area contributed by atoms with Gasteiger partial charge in [-0.05, 0) is 82.4 Å². The molecule has 0 radical (unpaired) electrons. The van der Waals surface area contributed by atoms with Crippen LogP contribution in [-0.2, 0) is 27.2 Å². The largest absolute Gasteiger partial charge is 0.453 e. The molecule has 1 aromatic heterocycles. The Morgan fingerprint density at radius 3 is 2.56 bits per heavy atom. The van der Waals surface area contributed by atoms with Crippen LogP contribution in [0.5, 0.6) is 0 Å². The molecule has 0 aliphatic carbocycles. The van der Waals surface area contributed by atoms with Crippen molar-refractivity contribution >= 4 is 35.6 Å². The van der Waals surface area contributed by atoms with Gasteiger partial charge in [-0.1, -0.05) is 37.3 Å². The molecule has 0 saturated heterocycles. The molecule has 218 valence electrons. The highest BCUT2D eigenvalue weighted by Gasteiger charge is 2.35. The van der Waals surface area contributed by atoms with E-state index in [0.717, 1.165) is 35.8 Å². The highest BCUT2D eigenvalue weighted by molar-refractivity contribution is 6.04. The number of aromatic nitrogens is 4. The van der Waals surface area contributed by atoms with E-state index >= 15 is 0 Å². The van der Waals surface area contributed by atoms with E-state index in [9.17, 15) is 19.2 Å². The predicted molar refractivity (Wildman–Crippen MR) is 157 cm³/mol. The van der Waals surface area contributed by atoms with Gasteiger partial charge >= 0.3 is 6.09 Å². The maximum absolute atomic E-state index is 13.7. The lowest BCUT2D eigenvalue weighted by Crippen LogP contribution is -2.44. The topological polar surface area (TPSA) is 148 Å². The number of fused-ring (bicyclic) bond motifs is 1. The number of benzene rings is 3. The molecule has 12 nitrogen and oxygen atoms in total. The lowest BCUT2D eigenvalue weighted by molar-refractivity contribution is -0.135. The lowest BCUT2D eigenvalue weighted by Gasteiger charge is -2.35. The molecule has 0 bridgehead atoms. The number of nitrogens with one attached hydrogen (secondary N) is 2. The number of alkyl carbamates (subject to hydrolysis) is 1. The molecule has 2 heterocycles. The molecule has 4 amide bonds. The van der Waals surface area contributed by atoms with Crippen molar-refractivity contribution < 1.29 is 23.9 Å². The van der Waals surface area contributed by atoms with Gasteiger partial charge < -0.3 is 15.0 Å². The first-order valence-corrected chi connectivity index (χ1v) is 13.6. The van der Waals surface area contributed by atoms with E-state index in [4.69, 9.17) is 0 Å². The minimum atomic E-state index is -0.884. The number of carbonyl (C=O) groups is 4. The SMILES string of the molecule is CCc1ccc(-n2cnnn2)c(/C=C/C(=O)N2CCc3ccccc3[C@@H]2C(=O)Nc2ccc(C(=O)NC(=O)OC)cc2)c1. The Kier molecular flexibility index (Phi) is 8.66. The fourth-order valence-electron chi connectivity index (χ4n) is 4.91. The second-order valence-corrected chi connectivity index (χ2v) is 9.73. The number of anilines is 1. The molecule has 0 fully saturated rings. The van der Waals surface area contributed by atoms with Crippen LogP contribution < -0.4 is 10.6 Å². The Hall–Kier alpha value is -5.65. The number of methoxy groups -OCH3 is 1. The Morgan fingerprint density at radius 1 is 1.05 bits per heavy atom. The Bertz CT molecular complexity index is 1680. The number of amides is 4. The molecular weight excluding hydrogens is 550 g/mol. The van der Waals surface area contributed by atoms with Crippen LogP contribution in [0.25, 0.3) is 11.8 Å². The van der Waals surface area contributed by atoms with E-state index in [0.29, 0.717) is 24.3 Å². The Labute approximate surface area is 247 Å². The fraction of sp³-hybridized carbons (Fsp3) is 0.194. The molecule has 0 unspecified atom stereocenters. The van der Waals surface area contributed by atoms with E-state index in [1.54, 1.807) is 23.1 Å². The Balaban J connectivity index is 1.39. The van der Waals surface area contributed by atoms with E-state index in [2.05, 4.69) is 30.9 Å². The maximum Gasteiger partial charge on any atom is 0.413 e. The first-order chi connectivity index (χ1) is 20.9. The summed E-state index contributed by atoms with van der Waals surface area (Å²) in [5, 5.41) is 16.4. The van der Waals surface area contributed by atoms with Gasteiger partial charge in [0.2, 0.25) is 5.91 Å². The van der Waals surface area contributed by atoms with Crippen LogP contribution in [0.1, 0.15) is 45.6 Å². The van der Waals surface area contributed by atoms with Crippen LogP contribution >= 0.6 is 0 Å². The first-order valence-electron chi connectivity index (χ1n) is 13.6. The van der Waals surface area contributed by atoms with Gasteiger partial charge in [-0.2, -0.15) is 4.68 Å². The van der Waals surface area contributed by atoms with Crippen LogP contribution in [0, 0.1) is 0 Å². The van der Waals surface area contributed by atoms with Gasteiger partial charge in [-0.25, -0.2) is 4.79 Å². The minimum absolute atomic E-state index is 0.210. The number of tetrazole rings is 1. The first kappa shape index (κ1) is 28.9. The van der Waals surface area contributed by atoms with Gasteiger partial charge in [-0.15, -0.1) is 5.10 Å². The average Bonchev–Trinajstić information content (AvgIpc) is 3.58. The predicted octanol–water partition coefficient (Wildman–Crippen LogP) is 3.50. The summed E-state index contributed by atoms with van der Waals surface area (Å²) >= 11 is 0. The number of nitrogens with zero attached hydrogens (tertiary/aromatic N) is 5. The van der Waals surface area contributed by atoms with E-state index in [1.165, 1.54) is 29.2 Å². The van der Waals surface area contributed by atoms with Crippen molar-refractivity contribution in [1.82, 2.24) is 30.4 Å². The molecule has 3 aromatic carbocycles. The van der Waals surface area contributed by atoms with Gasteiger partial charge in [0.25, 0.3) is 11.8 Å². The third kappa shape index (κ3) is 6.48. The summed E-state index contributed by atoms with van der Waals surface area (Å²) in [4.78, 5) is 52.4. The van der Waals surface area contributed by atoms with Crippen LogP contribution in [0.3, 0.4) is 0 Å². The Morgan fingerprint density at radius 2 is 1.84 bits per heavy atom. The summed E-state index contributed by atoms with van der Waals surface area (Å²) in [6.07, 6.45) is 5.21. The quantitative estimate of drug-likeness (QED) is 0.316. The number of carbonyl (C=O) groups excluding carboxylic acids is 4. The standard InChI is InChI=1S/C31H29N7O5/c1-3-20-8-14-26(38-19-32-35-36-38)23(18-20)11-15-27(39)37-17-16-21-6-4-5-7-25(21)28(37)30(41)33-24-12-9-22(10-13-24)29(40)34-31(42)43-2/h4-15,18-19,28H,3,16-17H2,1-2H3,(H,33,41)(H,34,40,42)/b15-11+/t28-/m1/s1. The summed E-state index contributed by atoms with van der Waals surface area (Å²) in [6.45, 7) is 2.39. The van der Waals surface area contributed by atoms with Crippen molar-refractivity contribution in [2.75, 3.05) is 19.0 Å². The summed E-state index contributed by atoms with van der Waals surface area (Å²) in [6, 6.07) is 18.6. The number of aryl methyl sites for hydroxylation is 1. The second kappa shape index (κ2) is 12.9. The van der Waals surface area contributed by atoms with E-state index in [-0.39, 0.29) is 11.5 Å². The van der Waals surface area contributed by atoms with Crippen molar-refractivity contribution in [3.05, 3.63) is 107 Å². The van der Waals surface area contributed by atoms with Crippen LogP contribution in [-0.4, -0.2) is 62.6 Å². The molecule has 5 rings (SSSR count). The van der Waals surface area contributed by atoms with Crippen molar-refractivity contribution in [3.8, 4) is 5.69 Å². The van der Waals surface area contributed by atoms with Gasteiger partial charge in [0.1, 0.15) is 12.4 Å². The second-order valence-electron chi connectivity index (χ2n) is 9.73. The van der Waals surface area contributed by atoms with Crippen LogP contribution in [0.15, 0.2) is 79.1 Å². The van der Waals surface area contributed by atoms with Crippen molar-refractivity contribution in [2.45, 2.75) is 25.8 Å². The summed E-state index contributed by atoms with van der Waals surface area (Å²) in [5.41, 5.74) is 4.92. The molecule has 12 heteroatoms. The monoisotopic (exact) mass is 579 g/mol. The summed E-state index contributed by atoms with van der Waals surface area (Å²) in [5.74, 6) is -1.36. The number of hydrogen-bond donors (Lipinski definition) is 2. The molecule has 2 N–H and O–H groups in total. The molecule has 0 saturated carbocycles. The zero-order chi connectivity index (χ0) is 30.3. The zero-order valence-electron chi connectivity index (χ0n) is 23.6. The van der Waals surface area contributed by atoms with Crippen molar-refractivity contribution in [3.63, 3.8) is 0 Å². The number of ether oxygens (including phenoxy) is 1. The molecule has 0 spiro atoms. The van der Waals surface area contributed by atoms with Crippen molar-refractivity contribution in [1.29, 1.82) is 0 Å².